The van der Waals surface area contributed by atoms with Gasteiger partial charge < -0.3 is 15.1 Å². The number of hydrogen-bond acceptors (Lipinski definition) is 6. The van der Waals surface area contributed by atoms with Crippen LogP contribution in [0.4, 0.5) is 5.13 Å². The molecule has 0 radical (unpaired) electrons. The zero-order chi connectivity index (χ0) is 17.6. The molecule has 1 aliphatic heterocycles. The molecule has 0 unspecified atom stereocenters. The highest BCUT2D eigenvalue weighted by Gasteiger charge is 2.22. The summed E-state index contributed by atoms with van der Waals surface area (Å²) in [5.74, 6) is 1.86. The molecule has 0 bridgehead atoms. The van der Waals surface area contributed by atoms with Gasteiger partial charge in [-0.1, -0.05) is 13.0 Å². The van der Waals surface area contributed by atoms with Crippen molar-refractivity contribution in [2.24, 2.45) is 4.99 Å². The standard InChI is InChI=1S/C17H25N7S.HI/c1-4-15-21-17(25-22-15)24-10-8-23(9-11-24)16(18-3)19-12-14-7-5-6-13(2)20-14;/h5-7H,4,8-12H2,1-3H3,(H,18,19);1H. The van der Waals surface area contributed by atoms with Gasteiger partial charge in [0.25, 0.3) is 0 Å². The zero-order valence-electron chi connectivity index (χ0n) is 15.5. The summed E-state index contributed by atoms with van der Waals surface area (Å²) in [4.78, 5) is 18.1. The Morgan fingerprint density at radius 2 is 2.00 bits per heavy atom. The van der Waals surface area contributed by atoms with Gasteiger partial charge >= 0.3 is 0 Å². The maximum absolute atomic E-state index is 4.59. The molecule has 1 N–H and O–H groups in total. The quantitative estimate of drug-likeness (QED) is 0.406. The molecule has 1 aliphatic rings. The van der Waals surface area contributed by atoms with Crippen LogP contribution in [0.25, 0.3) is 0 Å². The highest BCUT2D eigenvalue weighted by molar-refractivity contribution is 14.0. The molecule has 0 aliphatic carbocycles. The Morgan fingerprint density at radius 1 is 1.23 bits per heavy atom. The number of aliphatic imine (C=N–C) groups is 1. The van der Waals surface area contributed by atoms with Gasteiger partial charge in [0, 0.05) is 56.9 Å². The van der Waals surface area contributed by atoms with Gasteiger partial charge in [-0.3, -0.25) is 9.98 Å². The minimum Gasteiger partial charge on any atom is -0.351 e. The number of anilines is 1. The van der Waals surface area contributed by atoms with Gasteiger partial charge in [0.15, 0.2) is 5.96 Å². The lowest BCUT2D eigenvalue weighted by Crippen LogP contribution is -2.52. The summed E-state index contributed by atoms with van der Waals surface area (Å²) in [6.07, 6.45) is 0.889. The molecule has 26 heavy (non-hydrogen) atoms. The first-order valence-electron chi connectivity index (χ1n) is 8.65. The van der Waals surface area contributed by atoms with Crippen LogP contribution in [0.3, 0.4) is 0 Å². The second kappa shape index (κ2) is 10.0. The summed E-state index contributed by atoms with van der Waals surface area (Å²) in [6.45, 7) is 8.48. The molecule has 0 spiro atoms. The van der Waals surface area contributed by atoms with E-state index >= 15 is 0 Å². The number of guanidine groups is 1. The molecule has 7 nitrogen and oxygen atoms in total. The summed E-state index contributed by atoms with van der Waals surface area (Å²) in [6, 6.07) is 6.08. The lowest BCUT2D eigenvalue weighted by molar-refractivity contribution is 0.372. The van der Waals surface area contributed by atoms with E-state index in [4.69, 9.17) is 0 Å². The second-order valence-electron chi connectivity index (χ2n) is 5.99. The van der Waals surface area contributed by atoms with Crippen molar-refractivity contribution in [2.45, 2.75) is 26.8 Å². The Hall–Kier alpha value is -1.49. The molecule has 0 amide bonds. The summed E-state index contributed by atoms with van der Waals surface area (Å²) in [5, 5.41) is 4.45. The molecule has 3 heterocycles. The second-order valence-corrected chi connectivity index (χ2v) is 6.72. The van der Waals surface area contributed by atoms with Gasteiger partial charge in [0.05, 0.1) is 12.2 Å². The number of pyridine rings is 1. The Labute approximate surface area is 176 Å². The van der Waals surface area contributed by atoms with Gasteiger partial charge in [-0.15, -0.1) is 24.0 Å². The van der Waals surface area contributed by atoms with Gasteiger partial charge in [-0.05, 0) is 19.1 Å². The Balaban J connectivity index is 0.00000243. The van der Waals surface area contributed by atoms with Crippen LogP contribution in [0.5, 0.6) is 0 Å². The highest BCUT2D eigenvalue weighted by Crippen LogP contribution is 2.19. The van der Waals surface area contributed by atoms with Crippen LogP contribution in [0.2, 0.25) is 0 Å². The van der Waals surface area contributed by atoms with E-state index in [0.29, 0.717) is 6.54 Å². The highest BCUT2D eigenvalue weighted by atomic mass is 127. The number of nitrogens with zero attached hydrogens (tertiary/aromatic N) is 6. The number of halogens is 1. The average molecular weight is 487 g/mol. The van der Waals surface area contributed by atoms with E-state index in [0.717, 1.165) is 60.9 Å². The number of hydrogen-bond donors (Lipinski definition) is 1. The van der Waals surface area contributed by atoms with E-state index in [-0.39, 0.29) is 24.0 Å². The fraction of sp³-hybridized carbons (Fsp3) is 0.529. The van der Waals surface area contributed by atoms with Gasteiger partial charge in [-0.25, -0.2) is 4.98 Å². The molecule has 0 aromatic carbocycles. The number of aromatic nitrogens is 3. The smallest absolute Gasteiger partial charge is 0.205 e. The summed E-state index contributed by atoms with van der Waals surface area (Å²) < 4.78 is 4.38. The van der Waals surface area contributed by atoms with E-state index in [1.807, 2.05) is 32.2 Å². The molecule has 2 aromatic rings. The minimum atomic E-state index is 0. The van der Waals surface area contributed by atoms with Crippen molar-refractivity contribution in [3.63, 3.8) is 0 Å². The molecule has 2 aromatic heterocycles. The molecule has 9 heteroatoms. The third kappa shape index (κ3) is 5.26. The lowest BCUT2D eigenvalue weighted by atomic mass is 10.3. The van der Waals surface area contributed by atoms with Crippen molar-refractivity contribution in [3.05, 3.63) is 35.4 Å². The van der Waals surface area contributed by atoms with Crippen LogP contribution in [-0.4, -0.2) is 58.4 Å². The number of piperazine rings is 1. The predicted molar refractivity (Wildman–Crippen MR) is 118 cm³/mol. The van der Waals surface area contributed by atoms with E-state index in [1.54, 1.807) is 0 Å². The molecule has 0 saturated carbocycles. The van der Waals surface area contributed by atoms with Gasteiger partial charge in [-0.2, -0.15) is 4.37 Å². The minimum absolute atomic E-state index is 0. The predicted octanol–water partition coefficient (Wildman–Crippen LogP) is 2.32. The Morgan fingerprint density at radius 3 is 2.62 bits per heavy atom. The van der Waals surface area contributed by atoms with Crippen molar-refractivity contribution in [1.82, 2.24) is 24.6 Å². The van der Waals surface area contributed by atoms with Crippen molar-refractivity contribution in [2.75, 3.05) is 38.1 Å². The van der Waals surface area contributed by atoms with Crippen LogP contribution in [0, 0.1) is 6.92 Å². The Kier molecular flexibility index (Phi) is 8.01. The van der Waals surface area contributed by atoms with E-state index in [9.17, 15) is 0 Å². The Bertz CT molecular complexity index is 725. The first-order valence-corrected chi connectivity index (χ1v) is 9.42. The summed E-state index contributed by atoms with van der Waals surface area (Å²) in [7, 11) is 1.83. The maximum Gasteiger partial charge on any atom is 0.205 e. The average Bonchev–Trinajstić information content (AvgIpc) is 3.12. The van der Waals surface area contributed by atoms with Crippen LogP contribution < -0.4 is 10.2 Å². The molecular weight excluding hydrogens is 461 g/mol. The van der Waals surface area contributed by atoms with Crippen molar-refractivity contribution < 1.29 is 0 Å². The van der Waals surface area contributed by atoms with E-state index in [2.05, 4.69) is 41.4 Å². The van der Waals surface area contributed by atoms with Crippen molar-refractivity contribution in [1.29, 1.82) is 0 Å². The molecule has 1 saturated heterocycles. The fourth-order valence-corrected chi connectivity index (χ4v) is 3.63. The van der Waals surface area contributed by atoms with Gasteiger partial charge in [0.1, 0.15) is 5.82 Å². The number of aryl methyl sites for hydroxylation is 2. The summed E-state index contributed by atoms with van der Waals surface area (Å²) in [5.41, 5.74) is 2.06. The molecular formula is C17H26IN7S. The lowest BCUT2D eigenvalue weighted by Gasteiger charge is -2.36. The van der Waals surface area contributed by atoms with Crippen molar-refractivity contribution in [3.8, 4) is 0 Å². The summed E-state index contributed by atoms with van der Waals surface area (Å²) >= 11 is 1.50. The molecule has 1 fully saturated rings. The van der Waals surface area contributed by atoms with E-state index in [1.165, 1.54) is 11.5 Å². The van der Waals surface area contributed by atoms with Gasteiger partial charge in [0.2, 0.25) is 5.13 Å². The fourth-order valence-electron chi connectivity index (χ4n) is 2.83. The van der Waals surface area contributed by atoms with Crippen LogP contribution in [0.15, 0.2) is 23.2 Å². The molecule has 142 valence electrons. The largest absolute Gasteiger partial charge is 0.351 e. The van der Waals surface area contributed by atoms with E-state index < -0.39 is 0 Å². The number of rotatable bonds is 4. The topological polar surface area (TPSA) is 69.5 Å². The molecule has 0 atom stereocenters. The third-order valence-electron chi connectivity index (χ3n) is 4.21. The zero-order valence-corrected chi connectivity index (χ0v) is 18.6. The maximum atomic E-state index is 4.59. The first-order chi connectivity index (χ1) is 12.2. The monoisotopic (exact) mass is 487 g/mol. The van der Waals surface area contributed by atoms with Crippen LogP contribution in [0.1, 0.15) is 24.1 Å². The number of nitrogens with one attached hydrogen (secondary N) is 1. The van der Waals surface area contributed by atoms with Crippen LogP contribution in [-0.2, 0) is 13.0 Å². The molecule has 3 rings (SSSR count). The normalized spacial score (nSPS) is 15.0. The first kappa shape index (κ1) is 20.8. The van der Waals surface area contributed by atoms with Crippen LogP contribution >= 0.6 is 35.5 Å². The SMILES string of the molecule is CCc1nsc(N2CCN(C(=NC)NCc3cccc(C)n3)CC2)n1.I. The third-order valence-corrected chi connectivity index (χ3v) is 5.02. The van der Waals surface area contributed by atoms with Crippen molar-refractivity contribution >= 4 is 46.6 Å².